The van der Waals surface area contributed by atoms with E-state index in [2.05, 4.69) is 11.3 Å². The predicted molar refractivity (Wildman–Crippen MR) is 77.0 cm³/mol. The summed E-state index contributed by atoms with van der Waals surface area (Å²) in [7, 11) is 0. The molecule has 0 aliphatic rings. The summed E-state index contributed by atoms with van der Waals surface area (Å²) in [5, 5.41) is 9.21. The zero-order valence-electron chi connectivity index (χ0n) is 14.6. The van der Waals surface area contributed by atoms with Crippen LogP contribution in [0.25, 0.3) is 0 Å². The van der Waals surface area contributed by atoms with Crippen LogP contribution in [0.4, 0.5) is 52.7 Å². The first kappa shape index (κ1) is 26.1. The number of hydrogen-bond donors (Lipinski definition) is 1. The number of alkyl halides is 12. The fourth-order valence-corrected chi connectivity index (χ4v) is 2.40. The van der Waals surface area contributed by atoms with E-state index in [1.807, 2.05) is 0 Å². The van der Waals surface area contributed by atoms with Crippen LogP contribution in [0.2, 0.25) is 0 Å². The van der Waals surface area contributed by atoms with Crippen molar-refractivity contribution in [1.29, 1.82) is 0 Å². The molecule has 0 spiro atoms. The van der Waals surface area contributed by atoms with Crippen molar-refractivity contribution in [3.63, 3.8) is 0 Å². The van der Waals surface area contributed by atoms with Gasteiger partial charge in [-0.15, -0.1) is 0 Å². The van der Waals surface area contributed by atoms with Gasteiger partial charge in [-0.2, -0.15) is 52.7 Å². The lowest BCUT2D eigenvalue weighted by molar-refractivity contribution is -0.388. The first-order chi connectivity index (χ1) is 13.1. The fourth-order valence-electron chi connectivity index (χ4n) is 2.40. The van der Waals surface area contributed by atoms with Gasteiger partial charge < -0.3 is 9.84 Å². The average molecular weight is 464 g/mol. The molecule has 0 radical (unpaired) electrons. The van der Waals surface area contributed by atoms with Crippen molar-refractivity contribution in [2.75, 3.05) is 6.61 Å². The molecule has 0 aliphatic heterocycles. The molecule has 30 heavy (non-hydrogen) atoms. The van der Waals surface area contributed by atoms with Crippen LogP contribution < -0.4 is 0 Å². The third kappa shape index (κ3) is 4.24. The highest BCUT2D eigenvalue weighted by Crippen LogP contribution is 2.54. The van der Waals surface area contributed by atoms with Crippen LogP contribution >= 0.6 is 0 Å². The highest BCUT2D eigenvalue weighted by molar-refractivity contribution is 5.35. The second-order valence-electron chi connectivity index (χ2n) is 6.21. The summed E-state index contributed by atoms with van der Waals surface area (Å²) in [5.74, 6) is 0. The van der Waals surface area contributed by atoms with Gasteiger partial charge in [-0.1, -0.05) is 36.4 Å². The van der Waals surface area contributed by atoms with E-state index in [0.717, 1.165) is 6.92 Å². The van der Waals surface area contributed by atoms with Crippen molar-refractivity contribution < 1.29 is 62.5 Å². The molecule has 0 saturated heterocycles. The Bertz CT molecular complexity index is 725. The Hall–Kier alpha value is -1.96. The molecule has 2 nitrogen and oxygen atoms in total. The van der Waals surface area contributed by atoms with E-state index in [1.165, 1.54) is 0 Å². The molecular formula is C16H12F12O2. The van der Waals surface area contributed by atoms with Crippen molar-refractivity contribution >= 4 is 0 Å². The van der Waals surface area contributed by atoms with Crippen LogP contribution in [0.1, 0.15) is 18.1 Å². The molecule has 0 aromatic heterocycles. The molecule has 0 saturated carbocycles. The van der Waals surface area contributed by atoms with Gasteiger partial charge in [0, 0.05) is 11.1 Å². The van der Waals surface area contributed by atoms with Crippen LogP contribution in [0.3, 0.4) is 0 Å². The lowest BCUT2D eigenvalue weighted by atomic mass is 9.87. The topological polar surface area (TPSA) is 29.5 Å². The number of benzene rings is 1. The summed E-state index contributed by atoms with van der Waals surface area (Å²) < 4.78 is 162. The zero-order valence-corrected chi connectivity index (χ0v) is 14.6. The van der Waals surface area contributed by atoms with Crippen molar-refractivity contribution in [2.45, 2.75) is 42.8 Å². The van der Waals surface area contributed by atoms with Gasteiger partial charge in [0.25, 0.3) is 11.2 Å². The van der Waals surface area contributed by atoms with Crippen LogP contribution in [-0.2, 0) is 15.9 Å². The number of rotatable bonds is 5. The molecule has 1 N–H and O–H groups in total. The van der Waals surface area contributed by atoms with Gasteiger partial charge in [-0.3, -0.25) is 0 Å². The molecule has 0 atom stereocenters. The van der Waals surface area contributed by atoms with E-state index in [4.69, 9.17) is 0 Å². The zero-order chi connectivity index (χ0) is 24.0. The summed E-state index contributed by atoms with van der Waals surface area (Å²) in [6.07, 6.45) is -25.2. The lowest BCUT2D eigenvalue weighted by Crippen LogP contribution is -2.56. The normalized spacial score (nSPS) is 14.7. The maximum absolute atomic E-state index is 13.4. The quantitative estimate of drug-likeness (QED) is 0.434. The van der Waals surface area contributed by atoms with Gasteiger partial charge >= 0.3 is 24.7 Å². The van der Waals surface area contributed by atoms with E-state index < -0.39 is 53.6 Å². The summed E-state index contributed by atoms with van der Waals surface area (Å²) in [4.78, 5) is 0. The van der Waals surface area contributed by atoms with Crippen LogP contribution in [0.15, 0.2) is 36.4 Å². The molecule has 172 valence electrons. The highest BCUT2D eigenvalue weighted by atomic mass is 19.4. The minimum atomic E-state index is -6.38. The van der Waals surface area contributed by atoms with Gasteiger partial charge in [0.05, 0.1) is 6.61 Å². The van der Waals surface area contributed by atoms with E-state index >= 15 is 0 Å². The van der Waals surface area contributed by atoms with Crippen LogP contribution in [0, 0.1) is 0 Å². The molecule has 14 heteroatoms. The Morgan fingerprint density at radius 1 is 0.733 bits per heavy atom. The molecule has 0 amide bonds. The van der Waals surface area contributed by atoms with E-state index in [1.54, 1.807) is 0 Å². The maximum atomic E-state index is 13.4. The monoisotopic (exact) mass is 464 g/mol. The molecule has 0 unspecified atom stereocenters. The summed E-state index contributed by atoms with van der Waals surface area (Å²) in [6.45, 7) is 2.81. The van der Waals surface area contributed by atoms with Gasteiger partial charge in [-0.05, 0) is 6.92 Å². The summed E-state index contributed by atoms with van der Waals surface area (Å²) in [5.41, 5.74) is -14.8. The molecule has 0 fully saturated rings. The molecule has 1 aromatic rings. The molecule has 1 rings (SSSR count). The Morgan fingerprint density at radius 2 is 1.07 bits per heavy atom. The van der Waals surface area contributed by atoms with Crippen molar-refractivity contribution in [2.24, 2.45) is 0 Å². The average Bonchev–Trinajstić information content (AvgIpc) is 2.50. The SMILES string of the molecule is C=C(C)COC(c1ccc(C(O)(C(F)(F)F)C(F)(F)F)cc1)(C(F)(F)F)C(F)(F)F. The molecule has 1 aromatic carbocycles. The van der Waals surface area contributed by atoms with E-state index in [9.17, 15) is 57.8 Å². The minimum Gasteiger partial charge on any atom is -0.369 e. The third-order valence-corrected chi connectivity index (χ3v) is 3.86. The molecule has 0 heterocycles. The lowest BCUT2D eigenvalue weighted by Gasteiger charge is -2.38. The maximum Gasteiger partial charge on any atom is 0.430 e. The number of halogens is 12. The fraction of sp³-hybridized carbons (Fsp3) is 0.500. The Morgan fingerprint density at radius 3 is 1.33 bits per heavy atom. The Balaban J connectivity index is 3.74. The van der Waals surface area contributed by atoms with E-state index in [0.29, 0.717) is 0 Å². The predicted octanol–water partition coefficient (Wildman–Crippen LogP) is 5.91. The number of ether oxygens (including phenoxy) is 1. The number of aliphatic hydroxyl groups is 1. The van der Waals surface area contributed by atoms with Crippen molar-refractivity contribution in [3.05, 3.63) is 47.5 Å². The van der Waals surface area contributed by atoms with Gasteiger partial charge in [0.1, 0.15) is 0 Å². The highest BCUT2D eigenvalue weighted by Gasteiger charge is 2.74. The largest absolute Gasteiger partial charge is 0.430 e. The smallest absolute Gasteiger partial charge is 0.369 e. The second kappa shape index (κ2) is 7.62. The van der Waals surface area contributed by atoms with E-state index in [-0.39, 0.29) is 29.8 Å². The van der Waals surface area contributed by atoms with Crippen molar-refractivity contribution in [1.82, 2.24) is 0 Å². The second-order valence-corrected chi connectivity index (χ2v) is 6.21. The first-order valence-corrected chi connectivity index (χ1v) is 7.51. The molecule has 0 bridgehead atoms. The van der Waals surface area contributed by atoms with Gasteiger partial charge in [-0.25, -0.2) is 0 Å². The minimum absolute atomic E-state index is 0.281. The third-order valence-electron chi connectivity index (χ3n) is 3.86. The van der Waals surface area contributed by atoms with Crippen molar-refractivity contribution in [3.8, 4) is 0 Å². The standard InChI is InChI=1S/C16H12F12O2/c1-8(2)7-30-12(15(23,24)25,16(26,27)28)10-5-3-9(4-6-10)11(29,13(17,18)19)14(20,21)22/h3-6,29H,1,7H2,2H3. The Labute approximate surface area is 160 Å². The number of hydrogen-bond acceptors (Lipinski definition) is 2. The van der Waals surface area contributed by atoms with Crippen LogP contribution in [-0.4, -0.2) is 36.4 Å². The molecular weight excluding hydrogens is 452 g/mol. The Kier molecular flexibility index (Phi) is 6.63. The summed E-state index contributed by atoms with van der Waals surface area (Å²) in [6, 6.07) is -1.24. The van der Waals surface area contributed by atoms with Crippen LogP contribution in [0.5, 0.6) is 0 Å². The van der Waals surface area contributed by atoms with Gasteiger partial charge in [0.15, 0.2) is 0 Å². The first-order valence-electron chi connectivity index (χ1n) is 7.51. The van der Waals surface area contributed by atoms with Gasteiger partial charge in [0.2, 0.25) is 0 Å². The summed E-state index contributed by atoms with van der Waals surface area (Å²) >= 11 is 0. The molecule has 0 aliphatic carbocycles.